The fourth-order valence-corrected chi connectivity index (χ4v) is 4.42. The summed E-state index contributed by atoms with van der Waals surface area (Å²) in [5.41, 5.74) is 2.98. The molecule has 0 bridgehead atoms. The van der Waals surface area contributed by atoms with Gasteiger partial charge in [-0.3, -0.25) is 0 Å². The van der Waals surface area contributed by atoms with Crippen molar-refractivity contribution in [2.24, 2.45) is 0 Å². The Morgan fingerprint density at radius 3 is 2.48 bits per heavy atom. The molecule has 0 spiro atoms. The van der Waals surface area contributed by atoms with E-state index in [1.165, 1.54) is 57.0 Å². The molecule has 7 heteroatoms. The lowest BCUT2D eigenvalue weighted by molar-refractivity contribution is 0.234. The van der Waals surface area contributed by atoms with Crippen LogP contribution in [0.25, 0.3) is 0 Å². The molecular formula is C24H35N7. The highest BCUT2D eigenvalue weighted by Crippen LogP contribution is 2.23. The van der Waals surface area contributed by atoms with Crippen LogP contribution < -0.4 is 16.0 Å². The van der Waals surface area contributed by atoms with E-state index in [1.807, 2.05) is 0 Å². The average Bonchev–Trinajstić information content (AvgIpc) is 2.81. The summed E-state index contributed by atoms with van der Waals surface area (Å²) in [5, 5.41) is 18.2. The van der Waals surface area contributed by atoms with Crippen LogP contribution in [0.15, 0.2) is 30.5 Å². The van der Waals surface area contributed by atoms with Crippen LogP contribution in [0, 0.1) is 5.41 Å². The molecule has 2 heterocycles. The Bertz CT molecular complexity index is 838. The normalized spacial score (nSPS) is 18.6. The van der Waals surface area contributed by atoms with E-state index in [9.17, 15) is 0 Å². The number of likely N-dealkylation sites (tertiary alicyclic amines) is 1. The van der Waals surface area contributed by atoms with Gasteiger partial charge < -0.3 is 26.3 Å². The molecule has 0 amide bonds. The fraction of sp³-hybridized carbons (Fsp3) is 0.542. The number of nitrogens with one attached hydrogen (secondary N) is 4. The van der Waals surface area contributed by atoms with Crippen molar-refractivity contribution in [1.29, 1.82) is 5.41 Å². The Labute approximate surface area is 185 Å². The summed E-state index contributed by atoms with van der Waals surface area (Å²) in [6.45, 7) is 3.25. The van der Waals surface area contributed by atoms with Crippen LogP contribution in [0.5, 0.6) is 0 Å². The van der Waals surface area contributed by atoms with E-state index in [2.05, 4.69) is 62.1 Å². The maximum atomic E-state index is 7.67. The van der Waals surface area contributed by atoms with Gasteiger partial charge in [0.15, 0.2) is 0 Å². The maximum Gasteiger partial charge on any atom is 0.229 e. The van der Waals surface area contributed by atoms with Gasteiger partial charge in [0.25, 0.3) is 0 Å². The van der Waals surface area contributed by atoms with Crippen molar-refractivity contribution in [1.82, 2.24) is 20.2 Å². The summed E-state index contributed by atoms with van der Waals surface area (Å²) in [6, 6.07) is 9.51. The second kappa shape index (κ2) is 10.7. The number of nitrogens with zero attached hydrogens (tertiary/aromatic N) is 3. The highest BCUT2D eigenvalue weighted by molar-refractivity contribution is 5.84. The van der Waals surface area contributed by atoms with Crippen LogP contribution in [0.4, 0.5) is 17.5 Å². The molecule has 0 unspecified atom stereocenters. The Morgan fingerprint density at radius 2 is 1.77 bits per heavy atom. The first-order chi connectivity index (χ1) is 15.2. The number of anilines is 3. The molecule has 31 heavy (non-hydrogen) atoms. The smallest absolute Gasteiger partial charge is 0.229 e. The van der Waals surface area contributed by atoms with Gasteiger partial charge in [0.1, 0.15) is 5.82 Å². The van der Waals surface area contributed by atoms with E-state index in [1.54, 1.807) is 6.20 Å². The first-order valence-electron chi connectivity index (χ1n) is 11.6. The summed E-state index contributed by atoms with van der Waals surface area (Å²) >= 11 is 0. The molecule has 1 aliphatic carbocycles. The third kappa shape index (κ3) is 6.24. The first kappa shape index (κ1) is 21.7. The van der Waals surface area contributed by atoms with E-state index >= 15 is 0 Å². The van der Waals surface area contributed by atoms with Crippen LogP contribution in [-0.4, -0.2) is 53.3 Å². The zero-order valence-corrected chi connectivity index (χ0v) is 18.5. The molecule has 2 aliphatic rings. The van der Waals surface area contributed by atoms with Crippen molar-refractivity contribution >= 4 is 23.7 Å². The van der Waals surface area contributed by atoms with E-state index in [0.29, 0.717) is 18.0 Å². The molecule has 1 saturated carbocycles. The van der Waals surface area contributed by atoms with Gasteiger partial charge in [0.2, 0.25) is 5.95 Å². The van der Waals surface area contributed by atoms with Crippen molar-refractivity contribution in [2.45, 2.75) is 63.6 Å². The van der Waals surface area contributed by atoms with E-state index in [0.717, 1.165) is 36.5 Å². The molecule has 2 fully saturated rings. The van der Waals surface area contributed by atoms with E-state index in [-0.39, 0.29) is 0 Å². The monoisotopic (exact) mass is 421 g/mol. The van der Waals surface area contributed by atoms with Gasteiger partial charge in [-0.15, -0.1) is 0 Å². The standard InChI is InChI=1S/C24H35N7/c1-31-13-11-20(12-14-31)26-16-18-7-9-22(10-8-18)29-24-27-17-19(15-25)23(30-24)28-21-5-3-2-4-6-21/h7-10,15,17,20-21,25-26H,2-6,11-14,16H2,1H3,(H2,27,28,29,30). The summed E-state index contributed by atoms with van der Waals surface area (Å²) in [4.78, 5) is 11.4. The van der Waals surface area contributed by atoms with Gasteiger partial charge in [0.05, 0.1) is 5.56 Å². The van der Waals surface area contributed by atoms with E-state index < -0.39 is 0 Å². The minimum Gasteiger partial charge on any atom is -0.367 e. The fourth-order valence-electron chi connectivity index (χ4n) is 4.42. The molecule has 0 radical (unpaired) electrons. The van der Waals surface area contributed by atoms with E-state index in [4.69, 9.17) is 5.41 Å². The molecule has 2 aromatic rings. The molecular weight excluding hydrogens is 386 g/mol. The first-order valence-corrected chi connectivity index (χ1v) is 11.6. The molecule has 1 aromatic heterocycles. The molecule has 7 nitrogen and oxygen atoms in total. The van der Waals surface area contributed by atoms with Gasteiger partial charge in [-0.05, 0) is 63.5 Å². The summed E-state index contributed by atoms with van der Waals surface area (Å²) in [7, 11) is 2.19. The summed E-state index contributed by atoms with van der Waals surface area (Å²) in [6.07, 6.45) is 11.6. The van der Waals surface area contributed by atoms with Gasteiger partial charge in [0, 0.05) is 36.7 Å². The summed E-state index contributed by atoms with van der Waals surface area (Å²) in [5.74, 6) is 1.31. The predicted octanol–water partition coefficient (Wildman–Crippen LogP) is 4.15. The summed E-state index contributed by atoms with van der Waals surface area (Å²) < 4.78 is 0. The van der Waals surface area contributed by atoms with Crippen molar-refractivity contribution in [3.63, 3.8) is 0 Å². The van der Waals surface area contributed by atoms with Crippen molar-refractivity contribution < 1.29 is 0 Å². The quantitative estimate of drug-likeness (QED) is 0.479. The molecule has 166 valence electrons. The van der Waals surface area contributed by atoms with Crippen LogP contribution in [0.3, 0.4) is 0 Å². The molecule has 1 saturated heterocycles. The molecule has 1 aromatic carbocycles. The van der Waals surface area contributed by atoms with Crippen molar-refractivity contribution in [2.75, 3.05) is 30.8 Å². The highest BCUT2D eigenvalue weighted by Gasteiger charge is 2.17. The Hall–Kier alpha value is -2.51. The van der Waals surface area contributed by atoms with Crippen LogP contribution in [0.1, 0.15) is 56.1 Å². The number of hydrogen-bond acceptors (Lipinski definition) is 7. The number of aromatic nitrogens is 2. The molecule has 4 rings (SSSR count). The molecule has 0 atom stereocenters. The second-order valence-corrected chi connectivity index (χ2v) is 8.90. The topological polar surface area (TPSA) is 89.0 Å². The third-order valence-electron chi connectivity index (χ3n) is 6.44. The number of benzene rings is 1. The third-order valence-corrected chi connectivity index (χ3v) is 6.44. The second-order valence-electron chi connectivity index (χ2n) is 8.90. The van der Waals surface area contributed by atoms with Crippen LogP contribution in [-0.2, 0) is 6.54 Å². The van der Waals surface area contributed by atoms with Crippen LogP contribution >= 0.6 is 0 Å². The zero-order chi connectivity index (χ0) is 21.5. The maximum absolute atomic E-state index is 7.67. The molecule has 4 N–H and O–H groups in total. The Morgan fingerprint density at radius 1 is 1.03 bits per heavy atom. The Kier molecular flexibility index (Phi) is 7.48. The number of hydrogen-bond donors (Lipinski definition) is 4. The Balaban J connectivity index is 1.33. The molecule has 1 aliphatic heterocycles. The predicted molar refractivity (Wildman–Crippen MR) is 127 cm³/mol. The largest absolute Gasteiger partial charge is 0.367 e. The lowest BCUT2D eigenvalue weighted by Crippen LogP contribution is -2.40. The van der Waals surface area contributed by atoms with Crippen molar-refractivity contribution in [3.8, 4) is 0 Å². The zero-order valence-electron chi connectivity index (χ0n) is 18.5. The van der Waals surface area contributed by atoms with Gasteiger partial charge in [-0.1, -0.05) is 31.4 Å². The minimum absolute atomic E-state index is 0.437. The van der Waals surface area contributed by atoms with Gasteiger partial charge in [-0.2, -0.15) is 4.98 Å². The SMILES string of the molecule is CN1CCC(NCc2ccc(Nc3ncc(C=N)c(NC4CCCCC4)n3)cc2)CC1. The number of rotatable bonds is 8. The van der Waals surface area contributed by atoms with Gasteiger partial charge in [-0.25, -0.2) is 4.98 Å². The van der Waals surface area contributed by atoms with Gasteiger partial charge >= 0.3 is 0 Å². The van der Waals surface area contributed by atoms with Crippen LogP contribution in [0.2, 0.25) is 0 Å². The lowest BCUT2D eigenvalue weighted by atomic mass is 9.95. The lowest BCUT2D eigenvalue weighted by Gasteiger charge is -2.29. The highest BCUT2D eigenvalue weighted by atomic mass is 15.1. The van der Waals surface area contributed by atoms with Crippen molar-refractivity contribution in [3.05, 3.63) is 41.6 Å². The minimum atomic E-state index is 0.437. The number of piperidine rings is 1. The average molecular weight is 422 g/mol.